The van der Waals surface area contributed by atoms with Gasteiger partial charge in [0.2, 0.25) is 0 Å². The van der Waals surface area contributed by atoms with Gasteiger partial charge in [-0.3, -0.25) is 0 Å². The number of rotatable bonds is 1. The van der Waals surface area contributed by atoms with E-state index in [1.165, 1.54) is 0 Å². The minimum Gasteiger partial charge on any atom is -0.228 e. The van der Waals surface area contributed by atoms with Gasteiger partial charge >= 0.3 is 0 Å². The van der Waals surface area contributed by atoms with Crippen LogP contribution in [0, 0.1) is 0 Å². The predicted octanol–water partition coefficient (Wildman–Crippen LogP) is 1.81. The highest BCUT2D eigenvalue weighted by Gasteiger charge is 2.01. The van der Waals surface area contributed by atoms with Crippen molar-refractivity contribution in [1.82, 2.24) is 15.2 Å². The summed E-state index contributed by atoms with van der Waals surface area (Å²) in [6.07, 6.45) is 3.66. The van der Waals surface area contributed by atoms with Crippen LogP contribution in [0.1, 0.15) is 0 Å². The molecule has 0 aromatic carbocycles. The van der Waals surface area contributed by atoms with Gasteiger partial charge in [-0.25, -0.2) is 4.98 Å². The Morgan fingerprint density at radius 3 is 3.18 bits per heavy atom. The number of aromatic nitrogens is 3. The minimum absolute atomic E-state index is 0.914. The summed E-state index contributed by atoms with van der Waals surface area (Å²) in [5.74, 6) is 0. The molecular weight excluding hydrogens is 178 g/mol. The van der Waals surface area contributed by atoms with Gasteiger partial charge in [-0.2, -0.15) is 5.10 Å². The molecule has 0 aliphatic rings. The lowest BCUT2D eigenvalue weighted by molar-refractivity contribution is 1.08. The zero-order valence-electron chi connectivity index (χ0n) is 5.81. The van der Waals surface area contributed by atoms with Gasteiger partial charge in [0.15, 0.2) is 9.17 Å². The van der Waals surface area contributed by atoms with E-state index in [9.17, 15) is 0 Å². The third-order valence-electron chi connectivity index (χ3n) is 1.24. The van der Waals surface area contributed by atoms with Crippen molar-refractivity contribution in [3.8, 4) is 0 Å². The molecule has 2 rings (SSSR count). The number of fused-ring (bicyclic) bond motifs is 1. The van der Waals surface area contributed by atoms with Crippen molar-refractivity contribution in [2.24, 2.45) is 0 Å². The molecule has 11 heavy (non-hydrogen) atoms. The Morgan fingerprint density at radius 2 is 2.45 bits per heavy atom. The lowest BCUT2D eigenvalue weighted by Gasteiger charge is -1.79. The largest absolute Gasteiger partial charge is 0.228 e. The van der Waals surface area contributed by atoms with Crippen LogP contribution in [0.25, 0.3) is 10.3 Å². The van der Waals surface area contributed by atoms with Crippen LogP contribution in [0.4, 0.5) is 0 Å². The van der Waals surface area contributed by atoms with Gasteiger partial charge < -0.3 is 0 Å². The molecule has 56 valence electrons. The first-order chi connectivity index (χ1) is 5.40. The Labute approximate surface area is 71.9 Å². The molecule has 0 atom stereocenters. The summed E-state index contributed by atoms with van der Waals surface area (Å²) in [5, 5.41) is 7.71. The van der Waals surface area contributed by atoms with Crippen LogP contribution in [0.15, 0.2) is 16.6 Å². The molecule has 0 unspecified atom stereocenters. The minimum atomic E-state index is 0.914. The average molecular weight is 183 g/mol. The van der Waals surface area contributed by atoms with Gasteiger partial charge in [-0.15, -0.1) is 5.10 Å². The van der Waals surface area contributed by atoms with Gasteiger partial charge in [-0.1, -0.05) is 23.1 Å². The van der Waals surface area contributed by atoms with Crippen molar-refractivity contribution >= 4 is 33.4 Å². The summed E-state index contributed by atoms with van der Waals surface area (Å²) in [7, 11) is 0. The Morgan fingerprint density at radius 1 is 1.55 bits per heavy atom. The fraction of sp³-hybridized carbons (Fsp3) is 0.167. The second-order valence-corrected chi connectivity index (χ2v) is 3.94. The highest BCUT2D eigenvalue weighted by Crippen LogP contribution is 2.25. The monoisotopic (exact) mass is 183 g/mol. The van der Waals surface area contributed by atoms with Crippen LogP contribution >= 0.6 is 23.1 Å². The normalized spacial score (nSPS) is 10.6. The highest BCUT2D eigenvalue weighted by molar-refractivity contribution is 8.00. The lowest BCUT2D eigenvalue weighted by atomic mass is 10.5. The van der Waals surface area contributed by atoms with Gasteiger partial charge in [-0.05, 0) is 12.3 Å². The van der Waals surface area contributed by atoms with E-state index in [-0.39, 0.29) is 0 Å². The van der Waals surface area contributed by atoms with Crippen molar-refractivity contribution in [2.75, 3.05) is 6.26 Å². The van der Waals surface area contributed by atoms with E-state index >= 15 is 0 Å². The van der Waals surface area contributed by atoms with E-state index in [1.54, 1.807) is 29.3 Å². The summed E-state index contributed by atoms with van der Waals surface area (Å²) < 4.78 is 1.04. The molecule has 0 aliphatic heterocycles. The predicted molar refractivity (Wildman–Crippen MR) is 47.0 cm³/mol. The van der Waals surface area contributed by atoms with E-state index in [1.807, 2.05) is 12.3 Å². The summed E-state index contributed by atoms with van der Waals surface area (Å²) in [6.45, 7) is 0. The van der Waals surface area contributed by atoms with Crippen molar-refractivity contribution in [3.05, 3.63) is 12.3 Å². The van der Waals surface area contributed by atoms with Crippen molar-refractivity contribution in [3.63, 3.8) is 0 Å². The first kappa shape index (κ1) is 7.00. The van der Waals surface area contributed by atoms with E-state index < -0.39 is 0 Å². The third-order valence-corrected chi connectivity index (χ3v) is 3.18. The van der Waals surface area contributed by atoms with E-state index in [4.69, 9.17) is 0 Å². The van der Waals surface area contributed by atoms with Gasteiger partial charge in [0.05, 0.1) is 6.20 Å². The zero-order valence-corrected chi connectivity index (χ0v) is 7.45. The number of thiazole rings is 1. The molecule has 0 bridgehead atoms. The Bertz CT molecular complexity index is 338. The molecule has 0 fully saturated rings. The Balaban J connectivity index is 2.69. The quantitative estimate of drug-likeness (QED) is 0.632. The summed E-state index contributed by atoms with van der Waals surface area (Å²) in [6, 6.07) is 1.87. The molecule has 0 saturated carbocycles. The number of hydrogen-bond acceptors (Lipinski definition) is 5. The van der Waals surface area contributed by atoms with E-state index in [2.05, 4.69) is 15.2 Å². The first-order valence-corrected chi connectivity index (χ1v) is 5.06. The summed E-state index contributed by atoms with van der Waals surface area (Å²) in [4.78, 5) is 5.22. The Kier molecular flexibility index (Phi) is 1.75. The summed E-state index contributed by atoms with van der Waals surface area (Å²) in [5.41, 5.74) is 0.939. The van der Waals surface area contributed by atoms with Crippen LogP contribution < -0.4 is 0 Å². The smallest absolute Gasteiger partial charge is 0.167 e. The average Bonchev–Trinajstić information content (AvgIpc) is 2.46. The molecule has 0 radical (unpaired) electrons. The van der Waals surface area contributed by atoms with Crippen molar-refractivity contribution in [1.29, 1.82) is 0 Å². The maximum atomic E-state index is 4.31. The molecule has 2 aromatic rings. The zero-order chi connectivity index (χ0) is 7.68. The van der Waals surface area contributed by atoms with Crippen LogP contribution in [-0.4, -0.2) is 21.4 Å². The van der Waals surface area contributed by atoms with Crippen LogP contribution in [0.5, 0.6) is 0 Å². The maximum absolute atomic E-state index is 4.31. The maximum Gasteiger partial charge on any atom is 0.167 e. The van der Waals surface area contributed by atoms with Gasteiger partial charge in [0, 0.05) is 0 Å². The van der Waals surface area contributed by atoms with Gasteiger partial charge in [0.1, 0.15) is 5.52 Å². The number of thioether (sulfide) groups is 1. The molecule has 0 N–H and O–H groups in total. The molecule has 0 amide bonds. The van der Waals surface area contributed by atoms with Crippen molar-refractivity contribution < 1.29 is 0 Å². The van der Waals surface area contributed by atoms with Crippen LogP contribution in [0.3, 0.4) is 0 Å². The van der Waals surface area contributed by atoms with Gasteiger partial charge in [0.25, 0.3) is 0 Å². The fourth-order valence-corrected chi connectivity index (χ4v) is 2.14. The van der Waals surface area contributed by atoms with Crippen LogP contribution in [-0.2, 0) is 0 Å². The molecule has 2 heterocycles. The topological polar surface area (TPSA) is 38.7 Å². The molecule has 0 aliphatic carbocycles. The number of nitrogens with zero attached hydrogens (tertiary/aromatic N) is 3. The summed E-state index contributed by atoms with van der Waals surface area (Å²) >= 11 is 3.21. The van der Waals surface area contributed by atoms with Crippen molar-refractivity contribution in [2.45, 2.75) is 4.34 Å². The molecule has 0 saturated heterocycles. The van der Waals surface area contributed by atoms with E-state index in [0.717, 1.165) is 14.7 Å². The second-order valence-electron chi connectivity index (χ2n) is 1.91. The highest BCUT2D eigenvalue weighted by atomic mass is 32.2. The molecule has 5 heteroatoms. The fourth-order valence-electron chi connectivity index (χ4n) is 0.761. The molecular formula is C6H5N3S2. The first-order valence-electron chi connectivity index (χ1n) is 3.02. The van der Waals surface area contributed by atoms with Crippen LogP contribution in [0.2, 0.25) is 0 Å². The SMILES string of the molecule is CSc1nc2ccnnc2s1. The third kappa shape index (κ3) is 1.21. The van der Waals surface area contributed by atoms with E-state index in [0.29, 0.717) is 0 Å². The number of hydrogen-bond donors (Lipinski definition) is 0. The molecule has 3 nitrogen and oxygen atoms in total. The second kappa shape index (κ2) is 2.75. The standard InChI is InChI=1S/C6H5N3S2/c1-10-6-8-4-2-3-7-9-5(4)11-6/h2-3H,1H3. The molecule has 0 spiro atoms. The molecule has 2 aromatic heterocycles. The lowest BCUT2D eigenvalue weighted by Crippen LogP contribution is -1.75. The Hall–Kier alpha value is -0.680.